The number of fused-ring (bicyclic) bond motifs is 2. The summed E-state index contributed by atoms with van der Waals surface area (Å²) in [7, 11) is 24.2. The van der Waals surface area contributed by atoms with E-state index in [1.165, 1.54) is 16.7 Å². The van der Waals surface area contributed by atoms with Crippen LogP contribution in [0.3, 0.4) is 0 Å². The number of rotatable bonds is 3. The summed E-state index contributed by atoms with van der Waals surface area (Å²) < 4.78 is 0. The third-order valence-electron chi connectivity index (χ3n) is 3.54. The van der Waals surface area contributed by atoms with Gasteiger partial charge >= 0.3 is 0 Å². The molecule has 0 saturated heterocycles. The van der Waals surface area contributed by atoms with Crippen molar-refractivity contribution in [3.8, 4) is 0 Å². The molecule has 2 aromatic rings. The molecule has 9 radical (unpaired) electrons. The highest BCUT2D eigenvalue weighted by atomic mass is 16.2. The maximum Gasteiger partial charge on any atom is 0.252 e. The molecular weight excluding hydrogens is 256 g/mol. The summed E-state index contributed by atoms with van der Waals surface area (Å²) in [5.74, 6) is 0. The van der Waals surface area contributed by atoms with Crippen LogP contribution in [0.5, 0.6) is 0 Å². The van der Waals surface area contributed by atoms with Crippen molar-refractivity contribution in [3.63, 3.8) is 0 Å². The predicted octanol–water partition coefficient (Wildman–Crippen LogP) is -1.86. The second-order valence-electron chi connectivity index (χ2n) is 4.76. The van der Waals surface area contributed by atoms with Crippen molar-refractivity contribution >= 4 is 74.0 Å². The molecule has 1 heterocycles. The van der Waals surface area contributed by atoms with Gasteiger partial charge in [0.25, 0.3) is 10.9 Å². The van der Waals surface area contributed by atoms with Crippen LogP contribution in [-0.4, -0.2) is 51.3 Å². The van der Waals surface area contributed by atoms with E-state index in [1.807, 2.05) is 0 Å². The van der Waals surface area contributed by atoms with Crippen molar-refractivity contribution in [1.29, 1.82) is 0 Å². The lowest BCUT2D eigenvalue weighted by Gasteiger charge is -2.45. The van der Waals surface area contributed by atoms with Crippen LogP contribution in [0, 0.1) is 0 Å². The smallest absolute Gasteiger partial charge is 0.252 e. The Hall–Kier alpha value is -1.65. The molecule has 0 aliphatic carbocycles. The Kier molecular flexibility index (Phi) is 3.38. The summed E-state index contributed by atoms with van der Waals surface area (Å²) in [6.45, 7) is -1.70. The molecule has 0 amide bonds. The van der Waals surface area contributed by atoms with E-state index in [4.69, 9.17) is 30.9 Å². The van der Waals surface area contributed by atoms with Gasteiger partial charge in [-0.15, -0.1) is 0 Å². The predicted molar refractivity (Wildman–Crippen MR) is 92.4 cm³/mol. The molecule has 11 heteroatoms. The second kappa shape index (κ2) is 4.97. The third kappa shape index (κ3) is 1.86. The van der Waals surface area contributed by atoms with Gasteiger partial charge in [0.1, 0.15) is 11.4 Å². The summed E-state index contributed by atoms with van der Waals surface area (Å²) in [4.78, 5) is 26.8. The first-order chi connectivity index (χ1) is 9.99. The fourth-order valence-electron chi connectivity index (χ4n) is 2.63. The Morgan fingerprint density at radius 1 is 0.905 bits per heavy atom. The first kappa shape index (κ1) is 14.3. The molecule has 0 aromatic heterocycles. The number of hydrogen-bond donors (Lipinski definition) is 0. The number of nitrogens with zero attached hydrogens (tertiary/aromatic N) is 2. The van der Waals surface area contributed by atoms with Crippen molar-refractivity contribution < 1.29 is 0 Å². The Morgan fingerprint density at radius 2 is 1.38 bits per heavy atom. The lowest BCUT2D eigenvalue weighted by Crippen LogP contribution is -2.56. The minimum atomic E-state index is -0.951. The normalized spacial score (nSPS) is 12.8. The summed E-state index contributed by atoms with van der Waals surface area (Å²) in [5, 5.41) is 0. The summed E-state index contributed by atoms with van der Waals surface area (Å²) in [6, 6.07) is 7.07. The zero-order valence-corrected chi connectivity index (χ0v) is 11.1. The van der Waals surface area contributed by atoms with Crippen LogP contribution < -0.4 is 20.5 Å². The van der Waals surface area contributed by atoms with E-state index in [9.17, 15) is 9.59 Å². The number of anilines is 4. The maximum absolute atomic E-state index is 11.9. The van der Waals surface area contributed by atoms with Crippen molar-refractivity contribution in [2.75, 3.05) is 9.62 Å². The lowest BCUT2D eigenvalue weighted by atomic mass is 9.10. The van der Waals surface area contributed by atoms with Crippen LogP contribution in [-0.2, 0) is 0 Å². The highest BCUT2D eigenvalue weighted by molar-refractivity contribution is 7.47. The average molecular weight is 260 g/mol. The zero-order chi connectivity index (χ0) is 15.3. The molecule has 2 aromatic carbocycles. The van der Waals surface area contributed by atoms with Crippen molar-refractivity contribution in [3.05, 3.63) is 44.7 Å². The molecule has 0 N–H and O–H groups in total. The van der Waals surface area contributed by atoms with Gasteiger partial charge in [0.2, 0.25) is 0 Å². The molecule has 0 saturated carbocycles. The van der Waals surface area contributed by atoms with E-state index in [-0.39, 0.29) is 11.4 Å². The molecular formula is C10H4B7N2O2. The quantitative estimate of drug-likeness (QED) is 0.479. The van der Waals surface area contributed by atoms with Crippen molar-refractivity contribution in [1.82, 2.24) is 0 Å². The molecule has 1 aliphatic heterocycles. The van der Waals surface area contributed by atoms with E-state index in [1.54, 1.807) is 24.3 Å². The van der Waals surface area contributed by atoms with E-state index in [2.05, 4.69) is 0 Å². The molecule has 0 spiro atoms. The van der Waals surface area contributed by atoms with Gasteiger partial charge in [0.05, 0.1) is 11.4 Å². The fourth-order valence-corrected chi connectivity index (χ4v) is 2.63. The van der Waals surface area contributed by atoms with Crippen LogP contribution in [0.1, 0.15) is 0 Å². The van der Waals surface area contributed by atoms with Gasteiger partial charge in [-0.05, 0) is 12.1 Å². The average Bonchev–Trinajstić information content (AvgIpc) is 2.50. The molecule has 0 atom stereocenters. The van der Waals surface area contributed by atoms with Crippen molar-refractivity contribution in [2.45, 2.75) is 0 Å². The standard InChI is InChI=1S/C10H4B7N2O2/c11-15-17(14)19-6-4-2-1-3-5(6)18(16(12)13)7-8(19)10(21)9(7)20/h1-4H. The van der Waals surface area contributed by atoms with Crippen LogP contribution >= 0.6 is 0 Å². The molecule has 3 rings (SSSR count). The third-order valence-corrected chi connectivity index (χ3v) is 3.54. The molecule has 0 bridgehead atoms. The number of hydrogen-bond acceptors (Lipinski definition) is 4. The summed E-state index contributed by atoms with van der Waals surface area (Å²) in [5.41, 5.74) is 0.300. The fraction of sp³-hybridized carbons (Fsp3) is 0. The van der Waals surface area contributed by atoms with E-state index in [0.717, 1.165) is 0 Å². The highest BCUT2D eigenvalue weighted by Gasteiger charge is 2.39. The molecule has 1 aliphatic rings. The Labute approximate surface area is 129 Å². The van der Waals surface area contributed by atoms with Gasteiger partial charge in [-0.2, -0.15) is 0 Å². The Balaban J connectivity index is 2.29. The zero-order valence-electron chi connectivity index (χ0n) is 11.1. The van der Waals surface area contributed by atoms with Gasteiger partial charge < -0.3 is 9.62 Å². The van der Waals surface area contributed by atoms with Gasteiger partial charge in [0.15, 0.2) is 13.3 Å². The summed E-state index contributed by atoms with van der Waals surface area (Å²) >= 11 is 0. The largest absolute Gasteiger partial charge is 0.398 e. The minimum absolute atomic E-state index is 0.158. The monoisotopic (exact) mass is 261 g/mol. The Bertz CT molecular complexity index is 773. The van der Waals surface area contributed by atoms with E-state index < -0.39 is 24.1 Å². The van der Waals surface area contributed by atoms with Crippen LogP contribution in [0.2, 0.25) is 0 Å². The first-order valence-electron chi connectivity index (χ1n) is 6.31. The Morgan fingerprint density at radius 3 is 1.86 bits per heavy atom. The SMILES string of the molecule is [B][B]B([B])N1c2ccccc2N(B([B])[B])c2c1c(=O)c2=O. The number of para-hydroxylation sites is 2. The van der Waals surface area contributed by atoms with Gasteiger partial charge in [0, 0.05) is 38.0 Å². The molecule has 87 valence electrons. The van der Waals surface area contributed by atoms with Gasteiger partial charge in [-0.1, -0.05) is 12.1 Å². The van der Waals surface area contributed by atoms with Crippen LogP contribution in [0.25, 0.3) is 0 Å². The molecule has 0 unspecified atom stereocenters. The molecule has 0 fully saturated rings. The summed E-state index contributed by atoms with van der Waals surface area (Å²) in [6.07, 6.45) is 0. The first-order valence-corrected chi connectivity index (χ1v) is 6.31. The van der Waals surface area contributed by atoms with Crippen molar-refractivity contribution in [2.24, 2.45) is 0 Å². The van der Waals surface area contributed by atoms with E-state index >= 15 is 0 Å². The lowest BCUT2D eigenvalue weighted by molar-refractivity contribution is 1.20. The highest BCUT2D eigenvalue weighted by Crippen LogP contribution is 2.45. The van der Waals surface area contributed by atoms with E-state index in [0.29, 0.717) is 11.4 Å². The molecule has 21 heavy (non-hydrogen) atoms. The topological polar surface area (TPSA) is 40.6 Å². The maximum atomic E-state index is 11.9. The number of benzene rings is 1. The van der Waals surface area contributed by atoms with Gasteiger partial charge in [-0.25, -0.2) is 0 Å². The van der Waals surface area contributed by atoms with Crippen LogP contribution in [0.15, 0.2) is 33.9 Å². The minimum Gasteiger partial charge on any atom is -0.398 e. The molecule has 4 nitrogen and oxygen atoms in total. The second-order valence-corrected chi connectivity index (χ2v) is 4.76. The van der Waals surface area contributed by atoms with Crippen LogP contribution in [0.4, 0.5) is 22.7 Å². The van der Waals surface area contributed by atoms with Gasteiger partial charge in [-0.3, -0.25) is 9.59 Å².